The minimum absolute atomic E-state index is 0.0310. The molecule has 0 heterocycles. The predicted molar refractivity (Wildman–Crippen MR) is 173 cm³/mol. The van der Waals surface area contributed by atoms with Crippen LogP contribution < -0.4 is 9.62 Å². The van der Waals surface area contributed by atoms with Crippen LogP contribution in [0.25, 0.3) is 0 Å². The fourth-order valence-electron chi connectivity index (χ4n) is 5.74. The third-order valence-corrected chi connectivity index (χ3v) is 10.0. The van der Waals surface area contributed by atoms with Crippen molar-refractivity contribution < 1.29 is 26.8 Å². The molecule has 0 radical (unpaired) electrons. The Morgan fingerprint density at radius 1 is 0.739 bits per heavy atom. The number of sulfonamides is 1. The van der Waals surface area contributed by atoms with Gasteiger partial charge in [-0.1, -0.05) is 79.9 Å². The summed E-state index contributed by atoms with van der Waals surface area (Å²) in [6.45, 7) is -0.733. The zero-order valence-electron chi connectivity index (χ0n) is 25.4. The second kappa shape index (κ2) is 15.1. The van der Waals surface area contributed by atoms with Crippen LogP contribution in [0.4, 0.5) is 14.5 Å². The number of hydrogen-bond acceptors (Lipinski definition) is 4. The molecule has 1 N–H and O–H groups in total. The SMILES string of the molecule is O=C(NC1CCCCC1)C(Cc1ccccc1)N(Cc1ccc(F)cc1)C(=O)CN(c1ccc(F)cc1)S(=O)(=O)c1ccccc1. The van der Waals surface area contributed by atoms with Gasteiger partial charge in [-0.2, -0.15) is 0 Å². The molecule has 1 aliphatic carbocycles. The number of nitrogens with one attached hydrogen (secondary N) is 1. The molecule has 1 atom stereocenters. The second-order valence-corrected chi connectivity index (χ2v) is 13.4. The van der Waals surface area contributed by atoms with E-state index in [1.54, 1.807) is 18.2 Å². The van der Waals surface area contributed by atoms with Crippen molar-refractivity contribution in [3.8, 4) is 0 Å². The van der Waals surface area contributed by atoms with Gasteiger partial charge in [-0.25, -0.2) is 17.2 Å². The lowest BCUT2D eigenvalue weighted by molar-refractivity contribution is -0.140. The molecule has 7 nitrogen and oxygen atoms in total. The molecule has 0 aromatic heterocycles. The number of nitrogens with zero attached hydrogens (tertiary/aromatic N) is 2. The number of carbonyl (C=O) groups is 2. The van der Waals surface area contributed by atoms with Crippen molar-refractivity contribution in [1.29, 1.82) is 0 Å². The van der Waals surface area contributed by atoms with Crippen molar-refractivity contribution in [3.05, 3.63) is 132 Å². The highest BCUT2D eigenvalue weighted by Crippen LogP contribution is 2.26. The quantitative estimate of drug-likeness (QED) is 0.197. The number of anilines is 1. The molecule has 10 heteroatoms. The number of benzene rings is 4. The number of carbonyl (C=O) groups excluding carboxylic acids is 2. The highest BCUT2D eigenvalue weighted by Gasteiger charge is 2.35. The molecule has 46 heavy (non-hydrogen) atoms. The summed E-state index contributed by atoms with van der Waals surface area (Å²) in [6, 6.07) is 26.4. The Balaban J connectivity index is 1.55. The Morgan fingerprint density at radius 2 is 1.30 bits per heavy atom. The highest BCUT2D eigenvalue weighted by atomic mass is 32.2. The van der Waals surface area contributed by atoms with Gasteiger partial charge in [-0.05, 0) is 72.5 Å². The molecular formula is C36H37F2N3O4S. The molecule has 4 aromatic rings. The van der Waals surface area contributed by atoms with Gasteiger partial charge in [0.2, 0.25) is 11.8 Å². The Labute approximate surface area is 268 Å². The van der Waals surface area contributed by atoms with Gasteiger partial charge in [-0.15, -0.1) is 0 Å². The molecule has 0 spiro atoms. The smallest absolute Gasteiger partial charge is 0.264 e. The van der Waals surface area contributed by atoms with Crippen molar-refractivity contribution in [1.82, 2.24) is 10.2 Å². The minimum atomic E-state index is -4.29. The first-order valence-corrected chi connectivity index (χ1v) is 16.9. The van der Waals surface area contributed by atoms with Crippen LogP contribution in [-0.2, 0) is 32.6 Å². The van der Waals surface area contributed by atoms with Crippen LogP contribution >= 0.6 is 0 Å². The summed E-state index contributed by atoms with van der Waals surface area (Å²) in [5, 5.41) is 3.15. The molecule has 0 saturated heterocycles. The van der Waals surface area contributed by atoms with E-state index in [9.17, 15) is 26.8 Å². The van der Waals surface area contributed by atoms with Crippen LogP contribution in [0, 0.1) is 11.6 Å². The van der Waals surface area contributed by atoms with E-state index in [0.717, 1.165) is 54.1 Å². The third kappa shape index (κ3) is 8.37. The van der Waals surface area contributed by atoms with Crippen LogP contribution in [0.1, 0.15) is 43.2 Å². The van der Waals surface area contributed by atoms with Gasteiger partial charge >= 0.3 is 0 Å². The van der Waals surface area contributed by atoms with E-state index < -0.39 is 40.2 Å². The maximum atomic E-state index is 14.5. The average Bonchev–Trinajstić information content (AvgIpc) is 3.07. The first-order valence-electron chi connectivity index (χ1n) is 15.4. The monoisotopic (exact) mass is 645 g/mol. The second-order valence-electron chi connectivity index (χ2n) is 11.5. The number of halogens is 2. The number of hydrogen-bond donors (Lipinski definition) is 1. The van der Waals surface area contributed by atoms with Crippen LogP contribution in [0.15, 0.2) is 114 Å². The molecule has 2 amide bonds. The van der Waals surface area contributed by atoms with Gasteiger partial charge in [0.05, 0.1) is 10.6 Å². The van der Waals surface area contributed by atoms with E-state index in [0.29, 0.717) is 5.56 Å². The summed E-state index contributed by atoms with van der Waals surface area (Å²) in [6.07, 6.45) is 4.94. The lowest BCUT2D eigenvalue weighted by Gasteiger charge is -2.35. The van der Waals surface area contributed by atoms with E-state index in [4.69, 9.17) is 0 Å². The molecule has 4 aromatic carbocycles. The molecule has 1 unspecified atom stereocenters. The Morgan fingerprint density at radius 3 is 1.91 bits per heavy atom. The van der Waals surface area contributed by atoms with Gasteiger partial charge in [-0.3, -0.25) is 13.9 Å². The Kier molecular flexibility index (Phi) is 10.8. The van der Waals surface area contributed by atoms with Gasteiger partial charge in [0.15, 0.2) is 0 Å². The minimum Gasteiger partial charge on any atom is -0.352 e. The van der Waals surface area contributed by atoms with Crippen LogP contribution in [0.3, 0.4) is 0 Å². The highest BCUT2D eigenvalue weighted by molar-refractivity contribution is 7.92. The molecular weight excluding hydrogens is 608 g/mol. The molecule has 1 aliphatic rings. The summed E-state index contributed by atoms with van der Waals surface area (Å²) in [5.74, 6) is -2.00. The van der Waals surface area contributed by atoms with Crippen molar-refractivity contribution in [2.45, 2.75) is 62.0 Å². The number of amides is 2. The van der Waals surface area contributed by atoms with E-state index in [1.807, 2.05) is 30.3 Å². The van der Waals surface area contributed by atoms with Gasteiger partial charge < -0.3 is 10.2 Å². The lowest BCUT2D eigenvalue weighted by Crippen LogP contribution is -2.55. The molecule has 1 saturated carbocycles. The molecule has 0 aliphatic heterocycles. The summed E-state index contributed by atoms with van der Waals surface area (Å²) < 4.78 is 56.6. The summed E-state index contributed by atoms with van der Waals surface area (Å²) in [7, 11) is -4.29. The molecule has 0 bridgehead atoms. The summed E-state index contributed by atoms with van der Waals surface area (Å²) in [4.78, 5) is 29.9. The van der Waals surface area contributed by atoms with Crippen molar-refractivity contribution in [2.75, 3.05) is 10.8 Å². The molecule has 240 valence electrons. The van der Waals surface area contributed by atoms with Crippen molar-refractivity contribution in [2.24, 2.45) is 0 Å². The zero-order chi connectivity index (χ0) is 32.5. The number of rotatable bonds is 12. The maximum absolute atomic E-state index is 14.5. The third-order valence-electron chi connectivity index (χ3n) is 8.21. The Bertz CT molecular complexity index is 1700. The standard InChI is InChI=1S/C36H37F2N3O4S/c37-29-18-16-28(17-19-29)25-40(34(24-27-10-4-1-5-11-27)36(43)39-31-12-6-2-7-13-31)35(42)26-41(32-22-20-30(38)21-23-32)46(44,45)33-14-8-3-9-15-33/h1,3-5,8-11,14-23,31,34H,2,6-7,12-13,24-26H2,(H,39,43). The molecule has 5 rings (SSSR count). The predicted octanol–water partition coefficient (Wildman–Crippen LogP) is 6.25. The van der Waals surface area contributed by atoms with Crippen LogP contribution in [-0.4, -0.2) is 43.8 Å². The van der Waals surface area contributed by atoms with Crippen LogP contribution in [0.2, 0.25) is 0 Å². The molecule has 1 fully saturated rings. The zero-order valence-corrected chi connectivity index (χ0v) is 26.2. The van der Waals surface area contributed by atoms with Gasteiger partial charge in [0.25, 0.3) is 10.0 Å². The Hall–Kier alpha value is -4.57. The van der Waals surface area contributed by atoms with E-state index in [-0.39, 0.29) is 35.5 Å². The average molecular weight is 646 g/mol. The van der Waals surface area contributed by atoms with Gasteiger partial charge in [0.1, 0.15) is 24.2 Å². The lowest BCUT2D eigenvalue weighted by atomic mass is 9.94. The fourth-order valence-corrected chi connectivity index (χ4v) is 7.18. The first-order chi connectivity index (χ1) is 22.2. The van der Waals surface area contributed by atoms with E-state index >= 15 is 0 Å². The van der Waals surface area contributed by atoms with E-state index in [2.05, 4.69) is 5.32 Å². The largest absolute Gasteiger partial charge is 0.352 e. The van der Waals surface area contributed by atoms with E-state index in [1.165, 1.54) is 53.4 Å². The van der Waals surface area contributed by atoms with Crippen molar-refractivity contribution in [3.63, 3.8) is 0 Å². The maximum Gasteiger partial charge on any atom is 0.264 e. The summed E-state index contributed by atoms with van der Waals surface area (Å²) >= 11 is 0. The van der Waals surface area contributed by atoms with Crippen LogP contribution in [0.5, 0.6) is 0 Å². The summed E-state index contributed by atoms with van der Waals surface area (Å²) in [5.41, 5.74) is 1.47. The first kappa shape index (κ1) is 32.8. The fraction of sp³-hybridized carbons (Fsp3) is 0.278. The normalized spacial score (nSPS) is 14.3. The van der Waals surface area contributed by atoms with Crippen molar-refractivity contribution >= 4 is 27.5 Å². The van der Waals surface area contributed by atoms with Gasteiger partial charge in [0, 0.05) is 19.0 Å². The topological polar surface area (TPSA) is 86.8 Å².